The standard InChI is InChI=1S/C19H21N5O.HI/c1-25-18-9-7-17(8-10-18)23-19(20)21-13-15-5-2-3-6-16(15)14-24-12-4-11-22-24;/h2-12H,13-14H2,1H3,(H3,20,21,23);1H. The average molecular weight is 463 g/mol. The molecule has 6 nitrogen and oxygen atoms in total. The Hall–Kier alpha value is -2.55. The summed E-state index contributed by atoms with van der Waals surface area (Å²) in [5.74, 6) is 1.17. The fourth-order valence-corrected chi connectivity index (χ4v) is 2.47. The number of methoxy groups -OCH3 is 1. The predicted octanol–water partition coefficient (Wildman–Crippen LogP) is 3.48. The third kappa shape index (κ3) is 5.48. The smallest absolute Gasteiger partial charge is 0.193 e. The number of halogens is 1. The van der Waals surface area contributed by atoms with E-state index in [9.17, 15) is 0 Å². The van der Waals surface area contributed by atoms with Crippen molar-refractivity contribution in [2.45, 2.75) is 13.1 Å². The van der Waals surface area contributed by atoms with E-state index in [1.807, 2.05) is 53.3 Å². The first-order chi connectivity index (χ1) is 12.2. The maximum absolute atomic E-state index is 6.00. The van der Waals surface area contributed by atoms with Crippen molar-refractivity contribution < 1.29 is 4.74 Å². The predicted molar refractivity (Wildman–Crippen MR) is 115 cm³/mol. The SMILES string of the molecule is COc1ccc(NC(N)=NCc2ccccc2Cn2cccn2)cc1.I. The lowest BCUT2D eigenvalue weighted by Crippen LogP contribution is -2.22. The maximum atomic E-state index is 6.00. The second-order valence-electron chi connectivity index (χ2n) is 5.53. The summed E-state index contributed by atoms with van der Waals surface area (Å²) >= 11 is 0. The number of aliphatic imine (C=N–C) groups is 1. The molecule has 0 unspecified atom stereocenters. The third-order valence-electron chi connectivity index (χ3n) is 3.79. The van der Waals surface area contributed by atoms with Crippen LogP contribution >= 0.6 is 24.0 Å². The van der Waals surface area contributed by atoms with E-state index in [1.54, 1.807) is 13.3 Å². The normalized spacial score (nSPS) is 10.9. The van der Waals surface area contributed by atoms with Gasteiger partial charge in [0.15, 0.2) is 5.96 Å². The van der Waals surface area contributed by atoms with Crippen LogP contribution in [0.5, 0.6) is 5.75 Å². The zero-order valence-corrected chi connectivity index (χ0v) is 16.8. The quantitative estimate of drug-likeness (QED) is 0.334. The first kappa shape index (κ1) is 19.8. The minimum atomic E-state index is 0. The molecule has 1 heterocycles. The van der Waals surface area contributed by atoms with Crippen LogP contribution in [-0.4, -0.2) is 22.8 Å². The molecule has 136 valence electrons. The lowest BCUT2D eigenvalue weighted by molar-refractivity contribution is 0.415. The van der Waals surface area contributed by atoms with Gasteiger partial charge >= 0.3 is 0 Å². The van der Waals surface area contributed by atoms with Crippen molar-refractivity contribution in [2.75, 3.05) is 12.4 Å². The van der Waals surface area contributed by atoms with Crippen molar-refractivity contribution in [3.63, 3.8) is 0 Å². The molecule has 0 fully saturated rings. The lowest BCUT2D eigenvalue weighted by Gasteiger charge is -2.09. The second kappa shape index (κ2) is 9.81. The Morgan fingerprint density at radius 1 is 1.12 bits per heavy atom. The molecule has 3 N–H and O–H groups in total. The summed E-state index contributed by atoms with van der Waals surface area (Å²) in [6.07, 6.45) is 3.72. The summed E-state index contributed by atoms with van der Waals surface area (Å²) in [6, 6.07) is 17.6. The summed E-state index contributed by atoms with van der Waals surface area (Å²) < 4.78 is 7.03. The molecule has 0 amide bonds. The highest BCUT2D eigenvalue weighted by Gasteiger charge is 2.03. The molecule has 0 aliphatic rings. The van der Waals surface area contributed by atoms with Crippen LogP contribution < -0.4 is 15.8 Å². The van der Waals surface area contributed by atoms with E-state index in [0.29, 0.717) is 19.0 Å². The van der Waals surface area contributed by atoms with Crippen LogP contribution in [0, 0.1) is 0 Å². The topological polar surface area (TPSA) is 77.5 Å². The van der Waals surface area contributed by atoms with E-state index < -0.39 is 0 Å². The molecule has 0 aliphatic heterocycles. The molecule has 2 aromatic carbocycles. The minimum absolute atomic E-state index is 0. The van der Waals surface area contributed by atoms with E-state index >= 15 is 0 Å². The van der Waals surface area contributed by atoms with Crippen LogP contribution in [0.2, 0.25) is 0 Å². The number of hydrogen-bond acceptors (Lipinski definition) is 3. The number of benzene rings is 2. The Kier molecular flexibility index (Phi) is 7.46. The van der Waals surface area contributed by atoms with Gasteiger partial charge in [-0.25, -0.2) is 4.99 Å². The molecule has 0 saturated carbocycles. The van der Waals surface area contributed by atoms with Gasteiger partial charge in [-0.3, -0.25) is 4.68 Å². The Morgan fingerprint density at radius 2 is 1.85 bits per heavy atom. The summed E-state index contributed by atoms with van der Waals surface area (Å²) in [6.45, 7) is 1.22. The number of guanidine groups is 1. The average Bonchev–Trinajstić information content (AvgIpc) is 3.15. The number of aromatic nitrogens is 2. The number of anilines is 1. The molecule has 0 spiro atoms. The van der Waals surface area contributed by atoms with E-state index in [0.717, 1.165) is 17.0 Å². The summed E-state index contributed by atoms with van der Waals surface area (Å²) in [7, 11) is 1.64. The Labute approximate surface area is 170 Å². The van der Waals surface area contributed by atoms with Crippen LogP contribution in [0.25, 0.3) is 0 Å². The highest BCUT2D eigenvalue weighted by molar-refractivity contribution is 14.0. The fourth-order valence-electron chi connectivity index (χ4n) is 2.47. The molecule has 7 heteroatoms. The van der Waals surface area contributed by atoms with Gasteiger partial charge in [0, 0.05) is 18.1 Å². The van der Waals surface area contributed by atoms with E-state index in [-0.39, 0.29) is 24.0 Å². The summed E-state index contributed by atoms with van der Waals surface area (Å²) in [4.78, 5) is 4.44. The molecule has 0 atom stereocenters. The molecule has 1 aromatic heterocycles. The van der Waals surface area contributed by atoms with Gasteiger partial charge in [0.05, 0.1) is 20.2 Å². The van der Waals surface area contributed by atoms with E-state index in [1.165, 1.54) is 5.56 Å². The van der Waals surface area contributed by atoms with E-state index in [4.69, 9.17) is 10.5 Å². The molecule has 3 rings (SSSR count). The van der Waals surface area contributed by atoms with Crippen molar-refractivity contribution in [2.24, 2.45) is 10.7 Å². The van der Waals surface area contributed by atoms with Gasteiger partial charge in [-0.05, 0) is 41.5 Å². The van der Waals surface area contributed by atoms with Crippen molar-refractivity contribution in [3.8, 4) is 5.75 Å². The number of rotatable bonds is 6. The molecule has 3 aromatic rings. The number of nitrogens with one attached hydrogen (secondary N) is 1. The van der Waals surface area contributed by atoms with Gasteiger partial charge in [-0.15, -0.1) is 24.0 Å². The van der Waals surface area contributed by atoms with Crippen LogP contribution in [0.1, 0.15) is 11.1 Å². The van der Waals surface area contributed by atoms with Crippen molar-refractivity contribution in [1.29, 1.82) is 0 Å². The van der Waals surface area contributed by atoms with Gasteiger partial charge < -0.3 is 15.8 Å². The van der Waals surface area contributed by atoms with Gasteiger partial charge in [0.25, 0.3) is 0 Å². The van der Waals surface area contributed by atoms with Gasteiger partial charge in [-0.2, -0.15) is 5.10 Å². The molecule has 0 bridgehead atoms. The molecule has 26 heavy (non-hydrogen) atoms. The molecule has 0 radical (unpaired) electrons. The molecule has 0 saturated heterocycles. The highest BCUT2D eigenvalue weighted by atomic mass is 127. The fraction of sp³-hybridized carbons (Fsp3) is 0.158. The zero-order valence-electron chi connectivity index (χ0n) is 14.5. The van der Waals surface area contributed by atoms with Gasteiger partial charge in [0.1, 0.15) is 5.75 Å². The number of hydrogen-bond donors (Lipinski definition) is 2. The zero-order chi connectivity index (χ0) is 17.5. The summed E-state index contributed by atoms with van der Waals surface area (Å²) in [5.41, 5.74) is 9.16. The molecule has 0 aliphatic carbocycles. The van der Waals surface area contributed by atoms with Crippen molar-refractivity contribution in [1.82, 2.24) is 9.78 Å². The molecular weight excluding hydrogens is 441 g/mol. The first-order valence-electron chi connectivity index (χ1n) is 8.00. The Morgan fingerprint density at radius 3 is 2.50 bits per heavy atom. The largest absolute Gasteiger partial charge is 0.497 e. The van der Waals surface area contributed by atoms with Crippen LogP contribution in [-0.2, 0) is 13.1 Å². The van der Waals surface area contributed by atoms with Crippen molar-refractivity contribution in [3.05, 3.63) is 78.1 Å². The van der Waals surface area contributed by atoms with Gasteiger partial charge in [-0.1, -0.05) is 24.3 Å². The van der Waals surface area contributed by atoms with Crippen LogP contribution in [0.4, 0.5) is 5.69 Å². The first-order valence-corrected chi connectivity index (χ1v) is 8.00. The highest BCUT2D eigenvalue weighted by Crippen LogP contribution is 2.15. The van der Waals surface area contributed by atoms with Crippen molar-refractivity contribution >= 4 is 35.6 Å². The second-order valence-corrected chi connectivity index (χ2v) is 5.53. The number of nitrogens with two attached hydrogens (primary N) is 1. The number of ether oxygens (including phenoxy) is 1. The Bertz CT molecular complexity index is 831. The van der Waals surface area contributed by atoms with Gasteiger partial charge in [0.2, 0.25) is 0 Å². The van der Waals surface area contributed by atoms with E-state index in [2.05, 4.69) is 27.5 Å². The maximum Gasteiger partial charge on any atom is 0.193 e. The number of nitrogens with zero attached hydrogens (tertiary/aromatic N) is 3. The third-order valence-corrected chi connectivity index (χ3v) is 3.79. The van der Waals surface area contributed by atoms with Crippen LogP contribution in [0.15, 0.2) is 72.0 Å². The monoisotopic (exact) mass is 463 g/mol. The Balaban J connectivity index is 0.00000243. The molecular formula is C19H22IN5O. The lowest BCUT2D eigenvalue weighted by atomic mass is 10.1. The summed E-state index contributed by atoms with van der Waals surface area (Å²) in [5, 5.41) is 7.33. The van der Waals surface area contributed by atoms with Crippen LogP contribution in [0.3, 0.4) is 0 Å². The minimum Gasteiger partial charge on any atom is -0.497 e.